The van der Waals surface area contributed by atoms with Crippen molar-refractivity contribution in [3.63, 3.8) is 0 Å². The highest BCUT2D eigenvalue weighted by molar-refractivity contribution is 5.80. The summed E-state index contributed by atoms with van der Waals surface area (Å²) in [5, 5.41) is 3.51. The van der Waals surface area contributed by atoms with Gasteiger partial charge in [0.1, 0.15) is 5.75 Å². The fourth-order valence-electron chi connectivity index (χ4n) is 4.19. The maximum absolute atomic E-state index is 5.27. The molecule has 0 spiro atoms. The van der Waals surface area contributed by atoms with Crippen molar-refractivity contribution in [1.29, 1.82) is 0 Å². The zero-order valence-corrected chi connectivity index (χ0v) is 17.9. The van der Waals surface area contributed by atoms with Gasteiger partial charge in [0.05, 0.1) is 7.11 Å². The Morgan fingerprint density at radius 3 is 2.50 bits per heavy atom. The molecule has 0 amide bonds. The van der Waals surface area contributed by atoms with Crippen molar-refractivity contribution in [2.45, 2.75) is 26.7 Å². The molecule has 1 aromatic carbocycles. The van der Waals surface area contributed by atoms with Crippen LogP contribution in [0.5, 0.6) is 5.75 Å². The topological polar surface area (TPSA) is 43.3 Å². The molecule has 28 heavy (non-hydrogen) atoms. The zero-order valence-electron chi connectivity index (χ0n) is 17.9. The fraction of sp³-hybridized carbons (Fsp3) is 0.682. The van der Waals surface area contributed by atoms with Crippen LogP contribution >= 0.6 is 0 Å². The van der Waals surface area contributed by atoms with E-state index in [4.69, 9.17) is 9.73 Å². The summed E-state index contributed by atoms with van der Waals surface area (Å²) in [6, 6.07) is 8.37. The summed E-state index contributed by atoms with van der Waals surface area (Å²) in [6.07, 6.45) is 2.53. The molecule has 3 rings (SSSR count). The van der Waals surface area contributed by atoms with E-state index < -0.39 is 0 Å². The normalized spacial score (nSPS) is 21.2. The monoisotopic (exact) mass is 387 g/mol. The molecule has 1 unspecified atom stereocenters. The van der Waals surface area contributed by atoms with Gasteiger partial charge < -0.3 is 24.8 Å². The SMILES string of the molecule is CCCN1CCC(CN=C(NCC)N2CCN(c3ccc(OC)cc3)CC2)C1. The third kappa shape index (κ3) is 5.53. The van der Waals surface area contributed by atoms with Gasteiger partial charge in [0.25, 0.3) is 0 Å². The van der Waals surface area contributed by atoms with E-state index in [9.17, 15) is 0 Å². The Morgan fingerprint density at radius 2 is 1.86 bits per heavy atom. The van der Waals surface area contributed by atoms with Gasteiger partial charge >= 0.3 is 0 Å². The first-order chi connectivity index (χ1) is 13.7. The second-order valence-corrected chi connectivity index (χ2v) is 7.82. The predicted molar refractivity (Wildman–Crippen MR) is 118 cm³/mol. The van der Waals surface area contributed by atoms with Crippen LogP contribution in [0.4, 0.5) is 5.69 Å². The van der Waals surface area contributed by atoms with E-state index in [0.29, 0.717) is 5.92 Å². The third-order valence-corrected chi connectivity index (χ3v) is 5.76. The summed E-state index contributed by atoms with van der Waals surface area (Å²) in [5.74, 6) is 2.71. The highest BCUT2D eigenvalue weighted by atomic mass is 16.5. The first-order valence-electron chi connectivity index (χ1n) is 10.9. The summed E-state index contributed by atoms with van der Waals surface area (Å²) in [6.45, 7) is 14.0. The molecule has 0 aliphatic carbocycles. The minimum atomic E-state index is 0.709. The van der Waals surface area contributed by atoms with Gasteiger partial charge in [-0.25, -0.2) is 0 Å². The Hall–Kier alpha value is -1.95. The summed E-state index contributed by atoms with van der Waals surface area (Å²) < 4.78 is 5.27. The maximum atomic E-state index is 5.27. The molecule has 0 aromatic heterocycles. The molecule has 2 heterocycles. The number of hydrogen-bond donors (Lipinski definition) is 1. The van der Waals surface area contributed by atoms with Crippen molar-refractivity contribution in [2.75, 3.05) is 70.9 Å². The number of methoxy groups -OCH3 is 1. The lowest BCUT2D eigenvalue weighted by molar-refractivity contribution is 0.325. The molecule has 2 aliphatic rings. The van der Waals surface area contributed by atoms with Gasteiger partial charge in [-0.15, -0.1) is 0 Å². The van der Waals surface area contributed by atoms with Gasteiger partial charge in [0.15, 0.2) is 5.96 Å². The highest BCUT2D eigenvalue weighted by Crippen LogP contribution is 2.21. The minimum absolute atomic E-state index is 0.709. The minimum Gasteiger partial charge on any atom is -0.497 e. The average Bonchev–Trinajstić information content (AvgIpc) is 3.19. The first kappa shape index (κ1) is 20.8. The van der Waals surface area contributed by atoms with E-state index in [1.165, 1.54) is 38.2 Å². The maximum Gasteiger partial charge on any atom is 0.194 e. The van der Waals surface area contributed by atoms with Gasteiger partial charge in [-0.1, -0.05) is 6.92 Å². The van der Waals surface area contributed by atoms with Gasteiger partial charge in [-0.3, -0.25) is 4.99 Å². The van der Waals surface area contributed by atoms with Crippen LogP contribution in [0.15, 0.2) is 29.3 Å². The van der Waals surface area contributed by atoms with Crippen molar-refractivity contribution >= 4 is 11.6 Å². The number of piperazine rings is 1. The number of rotatable bonds is 7. The molecule has 0 radical (unpaired) electrons. The molecule has 156 valence electrons. The van der Waals surface area contributed by atoms with Crippen LogP contribution in [-0.2, 0) is 0 Å². The van der Waals surface area contributed by atoms with Crippen LogP contribution in [0, 0.1) is 5.92 Å². The molecule has 6 heteroatoms. The standard InChI is InChI=1S/C22H37N5O/c1-4-11-25-12-10-19(18-25)17-24-22(23-5-2)27-15-13-26(14-16-27)20-6-8-21(28-3)9-7-20/h6-9,19H,4-5,10-18H2,1-3H3,(H,23,24). The molecule has 6 nitrogen and oxygen atoms in total. The van der Waals surface area contributed by atoms with Crippen LogP contribution < -0.4 is 15.0 Å². The second kappa shape index (κ2) is 10.6. The van der Waals surface area contributed by atoms with Crippen molar-refractivity contribution in [1.82, 2.24) is 15.1 Å². The Kier molecular flexibility index (Phi) is 7.83. The van der Waals surface area contributed by atoms with Gasteiger partial charge in [-0.05, 0) is 63.0 Å². The molecule has 2 fully saturated rings. The first-order valence-corrected chi connectivity index (χ1v) is 10.9. The number of guanidine groups is 1. The zero-order chi connectivity index (χ0) is 19.8. The van der Waals surface area contributed by atoms with Gasteiger partial charge in [-0.2, -0.15) is 0 Å². The summed E-state index contributed by atoms with van der Waals surface area (Å²) in [4.78, 5) is 12.5. The number of aliphatic imine (C=N–C) groups is 1. The molecule has 2 aliphatic heterocycles. The molecule has 1 aromatic rings. The lowest BCUT2D eigenvalue weighted by atomic mass is 10.1. The van der Waals surface area contributed by atoms with Crippen molar-refractivity contribution < 1.29 is 4.74 Å². The van der Waals surface area contributed by atoms with Crippen LogP contribution in [0.1, 0.15) is 26.7 Å². The molecule has 0 bridgehead atoms. The number of likely N-dealkylation sites (tertiary alicyclic amines) is 1. The van der Waals surface area contributed by atoms with Gasteiger partial charge in [0, 0.05) is 51.5 Å². The lowest BCUT2D eigenvalue weighted by Gasteiger charge is -2.37. The second-order valence-electron chi connectivity index (χ2n) is 7.82. The summed E-state index contributed by atoms with van der Waals surface area (Å²) in [7, 11) is 1.71. The fourth-order valence-corrected chi connectivity index (χ4v) is 4.19. The Balaban J connectivity index is 1.52. The number of anilines is 1. The number of benzene rings is 1. The quantitative estimate of drug-likeness (QED) is 0.575. The molecule has 2 saturated heterocycles. The molecular weight excluding hydrogens is 350 g/mol. The van der Waals surface area contributed by atoms with Crippen molar-refractivity contribution in [3.8, 4) is 5.75 Å². The summed E-state index contributed by atoms with van der Waals surface area (Å²) >= 11 is 0. The van der Waals surface area contributed by atoms with E-state index in [-0.39, 0.29) is 0 Å². The van der Waals surface area contributed by atoms with Gasteiger partial charge in [0.2, 0.25) is 0 Å². The average molecular weight is 388 g/mol. The van der Waals surface area contributed by atoms with E-state index in [1.807, 2.05) is 12.1 Å². The Bertz CT molecular complexity index is 610. The third-order valence-electron chi connectivity index (χ3n) is 5.76. The largest absolute Gasteiger partial charge is 0.497 e. The lowest BCUT2D eigenvalue weighted by Crippen LogP contribution is -2.52. The Labute approximate surface area is 170 Å². The van der Waals surface area contributed by atoms with Crippen LogP contribution in [0.25, 0.3) is 0 Å². The number of nitrogens with zero attached hydrogens (tertiary/aromatic N) is 4. The van der Waals surface area contributed by atoms with Crippen LogP contribution in [0.2, 0.25) is 0 Å². The number of nitrogens with one attached hydrogen (secondary N) is 1. The molecule has 0 saturated carbocycles. The van der Waals surface area contributed by atoms with E-state index in [0.717, 1.165) is 51.0 Å². The van der Waals surface area contributed by atoms with E-state index in [2.05, 4.69) is 46.0 Å². The molecule has 1 atom stereocenters. The molecular formula is C22H37N5O. The van der Waals surface area contributed by atoms with E-state index >= 15 is 0 Å². The van der Waals surface area contributed by atoms with Crippen molar-refractivity contribution in [2.24, 2.45) is 10.9 Å². The smallest absolute Gasteiger partial charge is 0.194 e. The molecule has 1 N–H and O–H groups in total. The highest BCUT2D eigenvalue weighted by Gasteiger charge is 2.23. The number of hydrogen-bond acceptors (Lipinski definition) is 4. The van der Waals surface area contributed by atoms with Crippen LogP contribution in [0.3, 0.4) is 0 Å². The van der Waals surface area contributed by atoms with E-state index in [1.54, 1.807) is 7.11 Å². The van der Waals surface area contributed by atoms with Crippen molar-refractivity contribution in [3.05, 3.63) is 24.3 Å². The predicted octanol–water partition coefficient (Wildman–Crippen LogP) is 2.51. The summed E-state index contributed by atoms with van der Waals surface area (Å²) in [5.41, 5.74) is 1.27. The van der Waals surface area contributed by atoms with Crippen LogP contribution in [-0.4, -0.2) is 81.8 Å². The Morgan fingerprint density at radius 1 is 1.11 bits per heavy atom. The number of ether oxygens (including phenoxy) is 1.